The number of fused-ring (bicyclic) bond motifs is 1. The molecule has 2 unspecified atom stereocenters. The van der Waals surface area contributed by atoms with Crippen molar-refractivity contribution in [3.05, 3.63) is 47.7 Å². The van der Waals surface area contributed by atoms with Crippen molar-refractivity contribution in [2.75, 3.05) is 13.1 Å². The van der Waals surface area contributed by atoms with Crippen LogP contribution < -0.4 is 75.3 Å². The highest BCUT2D eigenvalue weighted by molar-refractivity contribution is 6.03. The smallest absolute Gasteiger partial charge is 0.302 e. The number of ether oxygens (including phenoxy) is 1. The van der Waals surface area contributed by atoms with Gasteiger partial charge in [-0.25, -0.2) is 0 Å². The fourth-order valence-corrected chi connectivity index (χ4v) is 11.8. The van der Waals surface area contributed by atoms with Gasteiger partial charge in [-0.1, -0.05) is 132 Å². The Morgan fingerprint density at radius 1 is 0.538 bits per heavy atom. The second-order valence-corrected chi connectivity index (χ2v) is 28.5. The van der Waals surface area contributed by atoms with Gasteiger partial charge in [-0.15, -0.1) is 0 Å². The molecule has 0 spiro atoms. The number of hydrogen-bond donors (Lipinski definition) is 16. The minimum absolute atomic E-state index is 0.00401. The Morgan fingerprint density at radius 2 is 0.962 bits per heavy atom. The maximum absolute atomic E-state index is 14.8. The van der Waals surface area contributed by atoms with Crippen molar-refractivity contribution in [2.24, 2.45) is 52.0 Å². The number of nitrogens with zero attached hydrogens (tertiary/aromatic N) is 2. The number of allylic oxidation sites excluding steroid dienone is 1. The lowest BCUT2D eigenvalue weighted by Crippen LogP contribution is -2.64. The van der Waals surface area contributed by atoms with E-state index in [0.717, 1.165) is 13.8 Å². The second kappa shape index (κ2) is 42.5. The molecule has 2 aliphatic heterocycles. The molecule has 0 bridgehead atoms. The van der Waals surface area contributed by atoms with Gasteiger partial charge >= 0.3 is 5.97 Å². The van der Waals surface area contributed by atoms with Gasteiger partial charge in [0.15, 0.2) is 5.96 Å². The topological polar surface area (TPSA) is 501 Å². The average molecular weight is 1470 g/mol. The fourth-order valence-electron chi connectivity index (χ4n) is 11.8. The first kappa shape index (κ1) is 88.9. The van der Waals surface area contributed by atoms with Crippen molar-refractivity contribution in [1.82, 2.24) is 68.7 Å². The van der Waals surface area contributed by atoms with E-state index < -0.39 is 209 Å². The molecule has 33 heteroatoms. The van der Waals surface area contributed by atoms with E-state index in [9.17, 15) is 77.3 Å². The van der Waals surface area contributed by atoms with E-state index in [2.05, 4.69) is 68.8 Å². The van der Waals surface area contributed by atoms with Crippen LogP contribution in [0.25, 0.3) is 0 Å². The Bertz CT molecular complexity index is 3210. The molecule has 2 heterocycles. The lowest BCUT2D eigenvalue weighted by atomic mass is 9.94. The summed E-state index contributed by atoms with van der Waals surface area (Å²) in [5, 5.41) is 53.7. The number of aliphatic imine (C=N–C) groups is 1. The molecular weight excluding hydrogens is 1350 g/mol. The van der Waals surface area contributed by atoms with E-state index in [1.54, 1.807) is 113 Å². The van der Waals surface area contributed by atoms with Crippen molar-refractivity contribution in [3.8, 4) is 0 Å². The number of benzene rings is 1. The molecule has 582 valence electrons. The Balaban J connectivity index is 2.31. The predicted octanol–water partition coefficient (Wildman–Crippen LogP) is -1.54. The normalized spacial score (nSPS) is 27.0. The van der Waals surface area contributed by atoms with Crippen LogP contribution in [-0.4, -0.2) is 208 Å². The zero-order valence-corrected chi connectivity index (χ0v) is 63.2. The first-order chi connectivity index (χ1) is 48.7. The van der Waals surface area contributed by atoms with Gasteiger partial charge in [0.2, 0.25) is 70.9 Å². The number of hydrogen-bond acceptors (Lipinski definition) is 18. The summed E-state index contributed by atoms with van der Waals surface area (Å²) in [6, 6.07) is -9.62. The number of aliphatic hydroxyl groups is 2. The van der Waals surface area contributed by atoms with Gasteiger partial charge in [0.1, 0.15) is 84.3 Å². The number of carbonyl (C=O) groups is 14. The average Bonchev–Trinajstić information content (AvgIpc) is 1.53. The Morgan fingerprint density at radius 3 is 1.44 bits per heavy atom. The van der Waals surface area contributed by atoms with Gasteiger partial charge in [0.05, 0.1) is 12.2 Å². The molecule has 2 aliphatic rings. The summed E-state index contributed by atoms with van der Waals surface area (Å²) in [7, 11) is 0. The third-order valence-corrected chi connectivity index (χ3v) is 18.3. The van der Waals surface area contributed by atoms with E-state index in [1.165, 1.54) is 31.7 Å². The molecule has 0 aromatic heterocycles. The largest absolute Gasteiger partial charge is 0.460 e. The molecule has 2 fully saturated rings. The van der Waals surface area contributed by atoms with Crippen molar-refractivity contribution in [3.63, 3.8) is 0 Å². The van der Waals surface area contributed by atoms with Crippen LogP contribution in [0.3, 0.4) is 0 Å². The second-order valence-electron chi connectivity index (χ2n) is 28.5. The van der Waals surface area contributed by atoms with Crippen LogP contribution in [0.15, 0.2) is 47.1 Å². The lowest BCUT2D eigenvalue weighted by molar-refractivity contribution is -0.151. The molecule has 13 amide bonds. The molecule has 1 aromatic rings. The number of rotatable bonds is 19. The first-order valence-electron chi connectivity index (χ1n) is 35.9. The zero-order valence-electron chi connectivity index (χ0n) is 63.2. The lowest BCUT2D eigenvalue weighted by Gasteiger charge is -2.33. The van der Waals surface area contributed by atoms with Gasteiger partial charge in [-0.05, 0) is 101 Å². The fraction of sp³-hybridized carbons (Fsp3) is 0.676. The number of esters is 1. The predicted molar refractivity (Wildman–Crippen MR) is 385 cm³/mol. The van der Waals surface area contributed by atoms with Gasteiger partial charge < -0.3 is 95.1 Å². The van der Waals surface area contributed by atoms with E-state index in [1.807, 2.05) is 0 Å². The molecule has 18 N–H and O–H groups in total. The van der Waals surface area contributed by atoms with Crippen LogP contribution in [0.5, 0.6) is 0 Å². The monoisotopic (exact) mass is 1460 g/mol. The molecule has 33 nitrogen and oxygen atoms in total. The highest BCUT2D eigenvalue weighted by Gasteiger charge is 2.44. The third kappa shape index (κ3) is 27.1. The summed E-state index contributed by atoms with van der Waals surface area (Å²) >= 11 is 0. The minimum Gasteiger partial charge on any atom is -0.460 e. The maximum Gasteiger partial charge on any atom is 0.302 e. The number of carbonyl (C=O) groups excluding carboxylic acids is 14. The zero-order chi connectivity index (χ0) is 78.7. The van der Waals surface area contributed by atoms with Crippen molar-refractivity contribution in [1.29, 1.82) is 0 Å². The van der Waals surface area contributed by atoms with Crippen molar-refractivity contribution >= 4 is 88.7 Å². The molecular formula is C71H116N16O17. The maximum atomic E-state index is 14.8. The van der Waals surface area contributed by atoms with Crippen LogP contribution in [-0.2, 0) is 78.3 Å². The van der Waals surface area contributed by atoms with E-state index in [-0.39, 0.29) is 63.5 Å². The van der Waals surface area contributed by atoms with Crippen LogP contribution in [0.1, 0.15) is 168 Å². The molecule has 0 saturated carbocycles. The SMILES string of the molecule is C/C=C1\NC(=O)[C@H](Cc2ccccc2)NC(=O)[C@@H](C(C)CC)NC(=O)[C@H](C(C)CC)NC(=O)[C@@H]([C@@H](C)O)NC(=O)[C@@H](CC(C)C)NC(=O)[C@@H](CCCN=C(N)N)NC(=O)[C@@H]2CCCN2C(=O)[C@H](C(C)C)NC(=O)[C@@H](C(C)C)NC(=O)[C@H]([C@H](C)O)NC(=O)[C@H]([C@H](C)OC(C)=O)NC(=O)[C@@H](C(C)C)NC1=O. The highest BCUT2D eigenvalue weighted by atomic mass is 16.5. The van der Waals surface area contributed by atoms with E-state index >= 15 is 0 Å². The molecule has 17 atom stereocenters. The molecule has 1 aromatic carbocycles. The molecule has 104 heavy (non-hydrogen) atoms. The first-order valence-corrected chi connectivity index (χ1v) is 35.9. The van der Waals surface area contributed by atoms with Crippen LogP contribution in [0.4, 0.5) is 0 Å². The summed E-state index contributed by atoms with van der Waals surface area (Å²) in [5.74, 6) is -17.0. The molecule has 0 aliphatic carbocycles. The number of guanidine groups is 1. The van der Waals surface area contributed by atoms with Crippen LogP contribution in [0, 0.1) is 35.5 Å². The quantitative estimate of drug-likeness (QED) is 0.0245. The minimum atomic E-state index is -1.87. The van der Waals surface area contributed by atoms with Crippen LogP contribution >= 0.6 is 0 Å². The number of amides is 13. The molecule has 0 radical (unpaired) electrons. The van der Waals surface area contributed by atoms with Crippen LogP contribution in [0.2, 0.25) is 0 Å². The summed E-state index contributed by atoms with van der Waals surface area (Å²) in [5.41, 5.74) is 11.4. The summed E-state index contributed by atoms with van der Waals surface area (Å²) < 4.78 is 5.35. The van der Waals surface area contributed by atoms with Gasteiger partial charge in [0.25, 0.3) is 5.91 Å². The number of aliphatic hydroxyl groups excluding tert-OH is 2. The van der Waals surface area contributed by atoms with E-state index in [4.69, 9.17) is 16.2 Å². The Labute approximate surface area is 609 Å². The van der Waals surface area contributed by atoms with Gasteiger partial charge in [-0.3, -0.25) is 72.1 Å². The van der Waals surface area contributed by atoms with E-state index in [0.29, 0.717) is 18.4 Å². The van der Waals surface area contributed by atoms with Crippen molar-refractivity contribution < 1.29 is 82.1 Å². The van der Waals surface area contributed by atoms with Gasteiger partial charge in [0, 0.05) is 26.4 Å². The molecule has 3 rings (SSSR count). The standard InChI is InChI=1S/C71H116N16O17/c1-18-38(12)53-65(98)78-48(33-44-26-22-21-23-27-44)60(93)75-45(20-3)58(91)79-50(35(6)7)64(97)86-57(42(16)104-43(17)90)69(102)85-56(41(15)89)67(100)80-51(36(8)9)63(96)81-52(37(10)11)70(103)87-31-25-29-49(87)62(95)76-46(28-24-30-74-71(72)73)59(92)77-47(32-34(4)5)61(94)84-55(40(14)88)68(101)83-54(39(13)19-2)66(99)82-53/h20-23,26-27,34-42,46-57,88-89H,18-19,24-25,28-33H2,1-17H3,(H,75,93)(H,76,95)(H,77,92)(H,78,98)(H,79,91)(H,80,100)(H,81,96)(H,82,99)(H,83,101)(H,84,94)(H,85,102)(H,86,97)(H4,72,73,74)/b45-20-/t38?,39?,40-,41+,42+,46-,47-,48+,49+,50-,51-,52+,53-,54+,55-,56+,57+/m1/s1. The summed E-state index contributed by atoms with van der Waals surface area (Å²) in [6.07, 6.45) is -2.81. The summed E-state index contributed by atoms with van der Waals surface area (Å²) in [4.78, 5) is 207. The number of nitrogens with two attached hydrogens (primary N) is 2. The highest BCUT2D eigenvalue weighted by Crippen LogP contribution is 2.23. The summed E-state index contributed by atoms with van der Waals surface area (Å²) in [6.45, 7) is 25.9. The Kier molecular flexibility index (Phi) is 36.3. The number of nitrogens with one attached hydrogen (secondary N) is 12. The van der Waals surface area contributed by atoms with Gasteiger partial charge in [-0.2, -0.15) is 0 Å². The molecule has 2 saturated heterocycles. The van der Waals surface area contributed by atoms with Crippen molar-refractivity contribution in [2.45, 2.75) is 260 Å². The Hall–Kier alpha value is -9.27. The third-order valence-electron chi connectivity index (χ3n) is 18.3.